The van der Waals surface area contributed by atoms with Crippen molar-refractivity contribution in [3.05, 3.63) is 35.1 Å². The van der Waals surface area contributed by atoms with Crippen LogP contribution in [0.15, 0.2) is 12.1 Å². The van der Waals surface area contributed by atoms with Gasteiger partial charge in [0.15, 0.2) is 11.6 Å². The van der Waals surface area contributed by atoms with Gasteiger partial charge in [0.1, 0.15) is 5.82 Å². The smallest absolute Gasteiger partial charge is 0.161 e. The van der Waals surface area contributed by atoms with Crippen LogP contribution in [0.1, 0.15) is 36.1 Å². The van der Waals surface area contributed by atoms with Crippen LogP contribution in [0.4, 0.5) is 13.2 Å². The third-order valence-electron chi connectivity index (χ3n) is 4.51. The van der Waals surface area contributed by atoms with E-state index >= 15 is 0 Å². The van der Waals surface area contributed by atoms with Gasteiger partial charge in [-0.2, -0.15) is 0 Å². The van der Waals surface area contributed by atoms with Crippen molar-refractivity contribution in [3.63, 3.8) is 0 Å². The van der Waals surface area contributed by atoms with Crippen molar-refractivity contribution in [1.82, 2.24) is 0 Å². The lowest BCUT2D eigenvalue weighted by atomic mass is 9.84. The van der Waals surface area contributed by atoms with Crippen molar-refractivity contribution < 1.29 is 13.2 Å². The van der Waals surface area contributed by atoms with Crippen LogP contribution in [0.5, 0.6) is 0 Å². The molecular weight excluding hydrogens is 305 g/mol. The first-order valence-corrected chi connectivity index (χ1v) is 7.26. The normalized spacial score (nSPS) is 31.9. The van der Waals surface area contributed by atoms with Gasteiger partial charge in [-0.15, -0.1) is 0 Å². The maximum Gasteiger partial charge on any atom is 0.161 e. The van der Waals surface area contributed by atoms with Gasteiger partial charge in [0.05, 0.1) is 0 Å². The molecule has 0 amide bonds. The fraction of sp³-hybridized carbons (Fsp3) is 0.571. The number of hydrogen-bond donors (Lipinski definition) is 0. The fourth-order valence-electron chi connectivity index (χ4n) is 3.63. The largest absolute Gasteiger partial charge is 0.207 e. The van der Waals surface area contributed by atoms with Crippen LogP contribution in [0.25, 0.3) is 0 Å². The molecule has 1 aromatic carbocycles. The molecule has 1 aromatic rings. The molecule has 2 bridgehead atoms. The Bertz CT molecular complexity index is 474. The van der Waals surface area contributed by atoms with Crippen molar-refractivity contribution in [2.24, 2.45) is 17.8 Å². The molecule has 0 aliphatic heterocycles. The highest BCUT2D eigenvalue weighted by molar-refractivity contribution is 9.09. The topological polar surface area (TPSA) is 0 Å². The van der Waals surface area contributed by atoms with Crippen molar-refractivity contribution in [3.8, 4) is 0 Å². The molecule has 2 fully saturated rings. The zero-order valence-electron chi connectivity index (χ0n) is 9.80. The highest BCUT2D eigenvalue weighted by Gasteiger charge is 2.43. The summed E-state index contributed by atoms with van der Waals surface area (Å²) in [7, 11) is 0. The Morgan fingerprint density at radius 1 is 1.00 bits per heavy atom. The first kappa shape index (κ1) is 12.5. The summed E-state index contributed by atoms with van der Waals surface area (Å²) < 4.78 is 39.9. The molecule has 0 N–H and O–H groups in total. The number of hydrogen-bond acceptors (Lipinski definition) is 0. The van der Waals surface area contributed by atoms with E-state index in [-0.39, 0.29) is 10.4 Å². The molecule has 0 saturated heterocycles. The average molecular weight is 319 g/mol. The standard InChI is InChI=1S/C14H14BrF3/c15-14(9-4-7-1-2-8(9)3-7)10-5-12(17)13(18)6-11(10)16/h5-9,14H,1-4H2. The summed E-state index contributed by atoms with van der Waals surface area (Å²) in [5.41, 5.74) is 0.256. The number of alkyl halides is 1. The number of fused-ring (bicyclic) bond motifs is 2. The molecule has 18 heavy (non-hydrogen) atoms. The van der Waals surface area contributed by atoms with Gasteiger partial charge in [-0.1, -0.05) is 22.4 Å². The zero-order chi connectivity index (χ0) is 12.9. The van der Waals surface area contributed by atoms with E-state index in [9.17, 15) is 13.2 Å². The molecule has 0 aromatic heterocycles. The van der Waals surface area contributed by atoms with Crippen molar-refractivity contribution in [1.29, 1.82) is 0 Å². The monoisotopic (exact) mass is 318 g/mol. The minimum atomic E-state index is -1.12. The summed E-state index contributed by atoms with van der Waals surface area (Å²) in [5, 5.41) is 0. The molecule has 0 spiro atoms. The van der Waals surface area contributed by atoms with Gasteiger partial charge in [-0.05, 0) is 43.1 Å². The Kier molecular flexibility index (Phi) is 3.16. The molecule has 0 nitrogen and oxygen atoms in total. The lowest BCUT2D eigenvalue weighted by molar-refractivity contribution is 0.325. The number of halogens is 4. The van der Waals surface area contributed by atoms with Gasteiger partial charge < -0.3 is 0 Å². The summed E-state index contributed by atoms with van der Waals surface area (Å²) in [6.45, 7) is 0. The highest BCUT2D eigenvalue weighted by Crippen LogP contribution is 2.55. The van der Waals surface area contributed by atoms with Crippen LogP contribution in [-0.4, -0.2) is 0 Å². The minimum Gasteiger partial charge on any atom is -0.207 e. The van der Waals surface area contributed by atoms with Gasteiger partial charge in [0.25, 0.3) is 0 Å². The van der Waals surface area contributed by atoms with Crippen LogP contribution in [0.3, 0.4) is 0 Å². The van der Waals surface area contributed by atoms with Crippen LogP contribution < -0.4 is 0 Å². The van der Waals surface area contributed by atoms with Crippen molar-refractivity contribution in [2.45, 2.75) is 30.5 Å². The van der Waals surface area contributed by atoms with Crippen molar-refractivity contribution in [2.75, 3.05) is 0 Å². The molecule has 98 valence electrons. The SMILES string of the molecule is Fc1cc(F)c(C(Br)C2CC3CCC2C3)cc1F. The van der Waals surface area contributed by atoms with Crippen LogP contribution in [-0.2, 0) is 0 Å². The van der Waals surface area contributed by atoms with E-state index < -0.39 is 17.5 Å². The maximum absolute atomic E-state index is 13.7. The van der Waals surface area contributed by atoms with Gasteiger partial charge in [-0.3, -0.25) is 0 Å². The summed E-state index contributed by atoms with van der Waals surface area (Å²) >= 11 is 3.50. The molecule has 2 aliphatic rings. The van der Waals surface area contributed by atoms with Gasteiger partial charge in [0, 0.05) is 16.5 Å². The number of benzene rings is 1. The van der Waals surface area contributed by atoms with E-state index in [1.807, 2.05) is 0 Å². The predicted octanol–water partition coefficient (Wildman–Crippen LogP) is 4.98. The number of rotatable bonds is 2. The Morgan fingerprint density at radius 2 is 1.72 bits per heavy atom. The third-order valence-corrected chi connectivity index (χ3v) is 5.68. The van der Waals surface area contributed by atoms with Crippen LogP contribution in [0, 0.1) is 35.2 Å². The molecular formula is C14H14BrF3. The first-order chi connectivity index (χ1) is 8.56. The highest BCUT2D eigenvalue weighted by atomic mass is 79.9. The molecule has 0 radical (unpaired) electrons. The second-order valence-electron chi connectivity index (χ2n) is 5.53. The predicted molar refractivity (Wildman–Crippen MR) is 66.9 cm³/mol. The Hall–Kier alpha value is -0.510. The summed E-state index contributed by atoms with van der Waals surface area (Å²) in [4.78, 5) is -0.206. The van der Waals surface area contributed by atoms with Gasteiger partial charge in [0.2, 0.25) is 0 Å². The van der Waals surface area contributed by atoms with E-state index in [2.05, 4.69) is 15.9 Å². The lowest BCUT2D eigenvalue weighted by Gasteiger charge is -2.27. The fourth-order valence-corrected chi connectivity index (χ4v) is 4.63. The Labute approximate surface area is 113 Å². The molecule has 4 heteroatoms. The summed E-state index contributed by atoms with van der Waals surface area (Å²) in [6.07, 6.45) is 4.72. The van der Waals surface area contributed by atoms with Crippen LogP contribution in [0.2, 0.25) is 0 Å². The molecule has 2 saturated carbocycles. The van der Waals surface area contributed by atoms with E-state index in [0.717, 1.165) is 18.4 Å². The first-order valence-electron chi connectivity index (χ1n) is 6.34. The van der Waals surface area contributed by atoms with E-state index in [4.69, 9.17) is 0 Å². The second kappa shape index (κ2) is 4.55. The summed E-state index contributed by atoms with van der Waals surface area (Å²) in [5.74, 6) is -1.05. The van der Waals surface area contributed by atoms with E-state index in [1.165, 1.54) is 19.3 Å². The summed E-state index contributed by atoms with van der Waals surface area (Å²) in [6, 6.07) is 1.64. The zero-order valence-corrected chi connectivity index (χ0v) is 11.4. The molecule has 3 rings (SSSR count). The minimum absolute atomic E-state index is 0.206. The van der Waals surface area contributed by atoms with Gasteiger partial charge in [-0.25, -0.2) is 13.2 Å². The Balaban J connectivity index is 1.88. The lowest BCUT2D eigenvalue weighted by Crippen LogP contribution is -2.16. The van der Waals surface area contributed by atoms with Crippen molar-refractivity contribution >= 4 is 15.9 Å². The second-order valence-corrected chi connectivity index (χ2v) is 6.51. The maximum atomic E-state index is 13.7. The molecule has 4 atom stereocenters. The Morgan fingerprint density at radius 3 is 2.33 bits per heavy atom. The quantitative estimate of drug-likeness (QED) is 0.533. The average Bonchev–Trinajstić information content (AvgIpc) is 2.95. The van der Waals surface area contributed by atoms with Crippen LogP contribution >= 0.6 is 15.9 Å². The molecule has 4 unspecified atom stereocenters. The molecule has 2 aliphatic carbocycles. The van der Waals surface area contributed by atoms with Gasteiger partial charge >= 0.3 is 0 Å². The third kappa shape index (κ3) is 1.98. The van der Waals surface area contributed by atoms with E-state index in [0.29, 0.717) is 17.9 Å². The van der Waals surface area contributed by atoms with E-state index in [1.54, 1.807) is 0 Å². The molecule has 0 heterocycles.